The highest BCUT2D eigenvalue weighted by molar-refractivity contribution is 5.75. The van der Waals surface area contributed by atoms with Gasteiger partial charge in [0.25, 0.3) is 0 Å². The van der Waals surface area contributed by atoms with Gasteiger partial charge in [-0.25, -0.2) is 4.98 Å². The number of likely N-dealkylation sites (tertiary alicyclic amines) is 1. The minimum absolute atomic E-state index is 0.186. The average Bonchev–Trinajstić information content (AvgIpc) is 3.02. The quantitative estimate of drug-likeness (QED) is 0.803. The summed E-state index contributed by atoms with van der Waals surface area (Å²) in [4.78, 5) is 20.6. The SMILES string of the molecule is CN(CC1CCN(C)C1(C)C)C(=O)CCCn1ccnc1. The summed E-state index contributed by atoms with van der Waals surface area (Å²) in [5.74, 6) is 0.811. The fourth-order valence-electron chi connectivity index (χ4n) is 3.07. The number of hydrogen-bond acceptors (Lipinski definition) is 3. The number of nitrogens with zero attached hydrogens (tertiary/aromatic N) is 4. The van der Waals surface area contributed by atoms with Crippen molar-refractivity contribution < 1.29 is 4.79 Å². The van der Waals surface area contributed by atoms with Crippen LogP contribution in [-0.2, 0) is 11.3 Å². The van der Waals surface area contributed by atoms with Gasteiger partial charge in [0, 0.05) is 44.5 Å². The highest BCUT2D eigenvalue weighted by atomic mass is 16.2. The Hall–Kier alpha value is -1.36. The van der Waals surface area contributed by atoms with E-state index in [-0.39, 0.29) is 11.4 Å². The number of carbonyl (C=O) groups is 1. The maximum atomic E-state index is 12.2. The van der Waals surface area contributed by atoms with Crippen LogP contribution < -0.4 is 0 Å². The molecule has 0 N–H and O–H groups in total. The summed E-state index contributed by atoms with van der Waals surface area (Å²) in [5, 5.41) is 0. The van der Waals surface area contributed by atoms with Crippen LogP contribution in [-0.4, -0.2) is 58.0 Å². The molecule has 0 spiro atoms. The summed E-state index contributed by atoms with van der Waals surface area (Å²) < 4.78 is 2.02. The van der Waals surface area contributed by atoms with Gasteiger partial charge >= 0.3 is 0 Å². The molecule has 0 bridgehead atoms. The molecule has 0 saturated carbocycles. The molecular formula is C16H28N4O. The molecule has 1 amide bonds. The Morgan fingerprint density at radius 2 is 2.24 bits per heavy atom. The van der Waals surface area contributed by atoms with E-state index in [1.165, 1.54) is 6.42 Å². The van der Waals surface area contributed by atoms with Crippen LogP contribution in [0.25, 0.3) is 0 Å². The maximum absolute atomic E-state index is 12.2. The van der Waals surface area contributed by atoms with E-state index in [4.69, 9.17) is 0 Å². The molecule has 1 aliphatic rings. The Labute approximate surface area is 127 Å². The summed E-state index contributed by atoms with van der Waals surface area (Å²) in [6, 6.07) is 0. The van der Waals surface area contributed by atoms with E-state index in [1.54, 1.807) is 12.5 Å². The van der Waals surface area contributed by atoms with Gasteiger partial charge in [-0.1, -0.05) is 0 Å². The van der Waals surface area contributed by atoms with Gasteiger partial charge in [0.2, 0.25) is 5.91 Å². The molecule has 0 radical (unpaired) electrons. The van der Waals surface area contributed by atoms with Gasteiger partial charge in [-0.2, -0.15) is 0 Å². The van der Waals surface area contributed by atoms with Crippen molar-refractivity contribution in [1.29, 1.82) is 0 Å². The first kappa shape index (κ1) is 16.0. The highest BCUT2D eigenvalue weighted by Crippen LogP contribution is 2.33. The molecule has 118 valence electrons. The lowest BCUT2D eigenvalue weighted by Gasteiger charge is -2.35. The van der Waals surface area contributed by atoms with Gasteiger partial charge in [-0.15, -0.1) is 0 Å². The third-order valence-electron chi connectivity index (χ3n) is 5.08. The molecule has 1 fully saturated rings. The van der Waals surface area contributed by atoms with Crippen LogP contribution in [0.15, 0.2) is 18.7 Å². The maximum Gasteiger partial charge on any atom is 0.222 e. The summed E-state index contributed by atoms with van der Waals surface area (Å²) >= 11 is 0. The fourth-order valence-corrected chi connectivity index (χ4v) is 3.07. The van der Waals surface area contributed by atoms with Gasteiger partial charge in [-0.3, -0.25) is 4.79 Å². The molecule has 0 aliphatic carbocycles. The van der Waals surface area contributed by atoms with Crippen molar-refractivity contribution in [2.45, 2.75) is 45.2 Å². The van der Waals surface area contributed by atoms with Crippen LogP contribution >= 0.6 is 0 Å². The van der Waals surface area contributed by atoms with Crippen molar-refractivity contribution in [3.05, 3.63) is 18.7 Å². The van der Waals surface area contributed by atoms with Crippen molar-refractivity contribution >= 4 is 5.91 Å². The molecule has 1 aromatic heterocycles. The highest BCUT2D eigenvalue weighted by Gasteiger charge is 2.39. The Morgan fingerprint density at radius 1 is 1.48 bits per heavy atom. The summed E-state index contributed by atoms with van der Waals surface area (Å²) in [6.45, 7) is 7.41. The molecular weight excluding hydrogens is 264 g/mol. The van der Waals surface area contributed by atoms with Crippen LogP contribution in [0.1, 0.15) is 33.1 Å². The standard InChI is InChI=1S/C16H28N4O/c1-16(2)14(7-10-19(16)4)12-18(3)15(21)6-5-9-20-11-8-17-13-20/h8,11,13-14H,5-7,9-10,12H2,1-4H3. The molecule has 2 heterocycles. The van der Waals surface area contributed by atoms with Crippen molar-refractivity contribution in [3.63, 3.8) is 0 Å². The first-order valence-electron chi connectivity index (χ1n) is 7.82. The smallest absolute Gasteiger partial charge is 0.222 e. The Balaban J connectivity index is 1.75. The van der Waals surface area contributed by atoms with Crippen molar-refractivity contribution in [3.8, 4) is 0 Å². The van der Waals surface area contributed by atoms with Crippen LogP contribution in [0, 0.1) is 5.92 Å². The van der Waals surface area contributed by atoms with E-state index in [9.17, 15) is 4.79 Å². The van der Waals surface area contributed by atoms with Gasteiger partial charge in [0.15, 0.2) is 0 Å². The van der Waals surface area contributed by atoms with Crippen LogP contribution in [0.5, 0.6) is 0 Å². The van der Waals surface area contributed by atoms with Gasteiger partial charge in [0.1, 0.15) is 0 Å². The van der Waals surface area contributed by atoms with Crippen molar-refractivity contribution in [2.24, 2.45) is 5.92 Å². The number of aromatic nitrogens is 2. The molecule has 1 unspecified atom stereocenters. The topological polar surface area (TPSA) is 41.4 Å². The number of hydrogen-bond donors (Lipinski definition) is 0. The first-order chi connectivity index (χ1) is 9.91. The lowest BCUT2D eigenvalue weighted by Crippen LogP contribution is -2.44. The Bertz CT molecular complexity index is 455. The third-order valence-corrected chi connectivity index (χ3v) is 5.08. The van der Waals surface area contributed by atoms with E-state index in [1.807, 2.05) is 22.7 Å². The van der Waals surface area contributed by atoms with Gasteiger partial charge in [-0.05, 0) is 46.2 Å². The van der Waals surface area contributed by atoms with E-state index < -0.39 is 0 Å². The zero-order valence-corrected chi connectivity index (χ0v) is 13.7. The average molecular weight is 292 g/mol. The minimum atomic E-state index is 0.186. The van der Waals surface area contributed by atoms with Crippen LogP contribution in [0.4, 0.5) is 0 Å². The fraction of sp³-hybridized carbons (Fsp3) is 0.750. The lowest BCUT2D eigenvalue weighted by atomic mass is 9.88. The predicted octanol–water partition coefficient (Wildman–Crippen LogP) is 1.85. The second-order valence-corrected chi connectivity index (χ2v) is 6.74. The van der Waals surface area contributed by atoms with Gasteiger partial charge < -0.3 is 14.4 Å². The number of rotatable bonds is 6. The molecule has 2 rings (SSSR count). The number of imidazole rings is 1. The lowest BCUT2D eigenvalue weighted by molar-refractivity contribution is -0.130. The van der Waals surface area contributed by atoms with Crippen LogP contribution in [0.3, 0.4) is 0 Å². The van der Waals surface area contributed by atoms with Crippen molar-refractivity contribution in [2.75, 3.05) is 27.2 Å². The number of carbonyl (C=O) groups excluding carboxylic acids is 1. The molecule has 1 saturated heterocycles. The first-order valence-corrected chi connectivity index (χ1v) is 7.82. The molecule has 21 heavy (non-hydrogen) atoms. The molecule has 1 aliphatic heterocycles. The molecule has 5 nitrogen and oxygen atoms in total. The molecule has 1 aromatic rings. The molecule has 1 atom stereocenters. The predicted molar refractivity (Wildman–Crippen MR) is 83.9 cm³/mol. The van der Waals surface area contributed by atoms with E-state index in [0.717, 1.165) is 26.1 Å². The minimum Gasteiger partial charge on any atom is -0.345 e. The van der Waals surface area contributed by atoms with E-state index in [0.29, 0.717) is 12.3 Å². The Morgan fingerprint density at radius 3 is 2.81 bits per heavy atom. The second-order valence-electron chi connectivity index (χ2n) is 6.74. The monoisotopic (exact) mass is 292 g/mol. The Kier molecular flexibility index (Phi) is 5.04. The van der Waals surface area contributed by atoms with Crippen molar-refractivity contribution in [1.82, 2.24) is 19.4 Å². The largest absolute Gasteiger partial charge is 0.345 e. The number of aryl methyl sites for hydroxylation is 1. The van der Waals surface area contributed by atoms with Crippen LogP contribution in [0.2, 0.25) is 0 Å². The zero-order valence-electron chi connectivity index (χ0n) is 13.7. The van der Waals surface area contributed by atoms with Gasteiger partial charge in [0.05, 0.1) is 6.33 Å². The summed E-state index contributed by atoms with van der Waals surface area (Å²) in [6.07, 6.45) is 8.16. The second kappa shape index (κ2) is 6.60. The normalized spacial score (nSPS) is 21.6. The zero-order chi connectivity index (χ0) is 15.5. The molecule has 0 aromatic carbocycles. The van der Waals surface area contributed by atoms with E-state index in [2.05, 4.69) is 30.8 Å². The summed E-state index contributed by atoms with van der Waals surface area (Å²) in [7, 11) is 4.11. The number of amides is 1. The third kappa shape index (κ3) is 3.84. The van der Waals surface area contributed by atoms with E-state index >= 15 is 0 Å². The summed E-state index contributed by atoms with van der Waals surface area (Å²) in [5.41, 5.74) is 0.186. The molecule has 5 heteroatoms.